The Morgan fingerprint density at radius 1 is 1.47 bits per heavy atom. The monoisotopic (exact) mass is 262 g/mol. The summed E-state index contributed by atoms with van der Waals surface area (Å²) in [6.07, 6.45) is 3.70. The van der Waals surface area contributed by atoms with Gasteiger partial charge in [0.1, 0.15) is 11.6 Å². The summed E-state index contributed by atoms with van der Waals surface area (Å²) in [5.41, 5.74) is 0.578. The highest BCUT2D eigenvalue weighted by molar-refractivity contribution is 5.76. The molecular formula is C15H22N2O2. The van der Waals surface area contributed by atoms with Crippen LogP contribution < -0.4 is 0 Å². The Labute approximate surface area is 114 Å². The molecular weight excluding hydrogens is 240 g/mol. The predicted octanol–water partition coefficient (Wildman–Crippen LogP) is 2.39. The number of nitrogens with zero attached hydrogens (tertiary/aromatic N) is 2. The van der Waals surface area contributed by atoms with E-state index in [9.17, 15) is 4.79 Å². The van der Waals surface area contributed by atoms with Crippen LogP contribution in [-0.2, 0) is 16.1 Å². The van der Waals surface area contributed by atoms with Crippen molar-refractivity contribution in [2.75, 3.05) is 6.54 Å². The lowest BCUT2D eigenvalue weighted by Gasteiger charge is -2.27. The first-order valence-corrected chi connectivity index (χ1v) is 6.82. The van der Waals surface area contributed by atoms with E-state index in [4.69, 9.17) is 4.74 Å². The molecule has 0 N–H and O–H groups in total. The number of rotatable bonds is 3. The minimum Gasteiger partial charge on any atom is -0.459 e. The first-order chi connectivity index (χ1) is 8.96. The Morgan fingerprint density at radius 2 is 2.26 bits per heavy atom. The van der Waals surface area contributed by atoms with Gasteiger partial charge in [-0.15, -0.1) is 0 Å². The van der Waals surface area contributed by atoms with Crippen LogP contribution in [0.15, 0.2) is 24.4 Å². The van der Waals surface area contributed by atoms with E-state index in [0.29, 0.717) is 6.54 Å². The average Bonchev–Trinajstić information content (AvgIpc) is 2.76. The lowest BCUT2D eigenvalue weighted by molar-refractivity contribution is -0.160. The van der Waals surface area contributed by atoms with Crippen molar-refractivity contribution >= 4 is 5.97 Å². The molecule has 4 nitrogen and oxygen atoms in total. The summed E-state index contributed by atoms with van der Waals surface area (Å²) in [6, 6.07) is 5.74. The number of aromatic nitrogens is 1. The molecule has 19 heavy (non-hydrogen) atoms. The molecule has 0 aromatic carbocycles. The second-order valence-electron chi connectivity index (χ2n) is 5.98. The Hall–Kier alpha value is -1.42. The van der Waals surface area contributed by atoms with Crippen molar-refractivity contribution in [2.24, 2.45) is 0 Å². The Balaban J connectivity index is 1.99. The molecule has 1 aromatic heterocycles. The zero-order valence-electron chi connectivity index (χ0n) is 11.9. The fraction of sp³-hybridized carbons (Fsp3) is 0.600. The minimum absolute atomic E-state index is 0.110. The SMILES string of the molecule is CC(C)(C)OC(=O)[C@H]1CCCN1Cc1ccccn1. The average molecular weight is 262 g/mol. The lowest BCUT2D eigenvalue weighted by atomic mass is 10.1. The van der Waals surface area contributed by atoms with E-state index in [-0.39, 0.29) is 12.0 Å². The fourth-order valence-electron chi connectivity index (χ4n) is 2.35. The van der Waals surface area contributed by atoms with Crippen LogP contribution in [0.5, 0.6) is 0 Å². The van der Waals surface area contributed by atoms with Crippen molar-refractivity contribution in [1.82, 2.24) is 9.88 Å². The Morgan fingerprint density at radius 3 is 2.89 bits per heavy atom. The third kappa shape index (κ3) is 4.03. The molecule has 0 unspecified atom stereocenters. The quantitative estimate of drug-likeness (QED) is 0.784. The van der Waals surface area contributed by atoms with Gasteiger partial charge in [0.05, 0.1) is 5.69 Å². The van der Waals surface area contributed by atoms with Gasteiger partial charge in [0, 0.05) is 12.7 Å². The highest BCUT2D eigenvalue weighted by Gasteiger charge is 2.34. The molecule has 2 heterocycles. The van der Waals surface area contributed by atoms with Gasteiger partial charge in [0.15, 0.2) is 0 Å². The highest BCUT2D eigenvalue weighted by atomic mass is 16.6. The number of carbonyl (C=O) groups excluding carboxylic acids is 1. The van der Waals surface area contributed by atoms with Crippen molar-refractivity contribution < 1.29 is 9.53 Å². The maximum Gasteiger partial charge on any atom is 0.323 e. The molecule has 4 heteroatoms. The molecule has 0 saturated carbocycles. The molecule has 1 fully saturated rings. The fourth-order valence-corrected chi connectivity index (χ4v) is 2.35. The van der Waals surface area contributed by atoms with Gasteiger partial charge in [-0.2, -0.15) is 0 Å². The first-order valence-electron chi connectivity index (χ1n) is 6.82. The van der Waals surface area contributed by atoms with Crippen molar-refractivity contribution in [1.29, 1.82) is 0 Å². The number of ether oxygens (including phenoxy) is 1. The summed E-state index contributed by atoms with van der Waals surface area (Å²) in [5.74, 6) is -0.110. The molecule has 1 saturated heterocycles. The molecule has 0 aliphatic carbocycles. The third-order valence-corrected chi connectivity index (χ3v) is 3.13. The standard InChI is InChI=1S/C15H22N2O2/c1-15(2,3)19-14(18)13-8-6-10-17(13)11-12-7-4-5-9-16-12/h4-5,7,9,13H,6,8,10-11H2,1-3H3/t13-/m1/s1. The van der Waals surface area contributed by atoms with Crippen LogP contribution >= 0.6 is 0 Å². The van der Waals surface area contributed by atoms with Crippen molar-refractivity contribution in [3.63, 3.8) is 0 Å². The van der Waals surface area contributed by atoms with Gasteiger partial charge in [-0.05, 0) is 52.3 Å². The van der Waals surface area contributed by atoms with Gasteiger partial charge in [0.25, 0.3) is 0 Å². The van der Waals surface area contributed by atoms with Crippen molar-refractivity contribution in [3.05, 3.63) is 30.1 Å². The smallest absolute Gasteiger partial charge is 0.323 e. The van der Waals surface area contributed by atoms with Crippen molar-refractivity contribution in [3.8, 4) is 0 Å². The highest BCUT2D eigenvalue weighted by Crippen LogP contribution is 2.22. The first kappa shape index (κ1) is 14.0. The molecule has 1 atom stereocenters. The van der Waals surface area contributed by atoms with Crippen LogP contribution in [0.3, 0.4) is 0 Å². The molecule has 0 spiro atoms. The number of pyridine rings is 1. The summed E-state index contributed by atoms with van der Waals surface area (Å²) >= 11 is 0. The zero-order valence-corrected chi connectivity index (χ0v) is 11.9. The van der Waals surface area contributed by atoms with Gasteiger partial charge in [-0.25, -0.2) is 0 Å². The van der Waals surface area contributed by atoms with Crippen LogP contribution in [0, 0.1) is 0 Å². The number of esters is 1. The maximum absolute atomic E-state index is 12.2. The van der Waals surface area contributed by atoms with Crippen LogP contribution in [0.1, 0.15) is 39.3 Å². The van der Waals surface area contributed by atoms with E-state index in [1.165, 1.54) is 0 Å². The van der Waals surface area contributed by atoms with Crippen LogP contribution in [0.4, 0.5) is 0 Å². The lowest BCUT2D eigenvalue weighted by Crippen LogP contribution is -2.40. The van der Waals surface area contributed by atoms with E-state index in [1.807, 2.05) is 39.0 Å². The summed E-state index contributed by atoms with van der Waals surface area (Å²) < 4.78 is 5.49. The number of hydrogen-bond acceptors (Lipinski definition) is 4. The molecule has 1 aromatic rings. The third-order valence-electron chi connectivity index (χ3n) is 3.13. The van der Waals surface area contributed by atoms with Crippen LogP contribution in [-0.4, -0.2) is 34.0 Å². The van der Waals surface area contributed by atoms with Crippen LogP contribution in [0.2, 0.25) is 0 Å². The number of carbonyl (C=O) groups is 1. The largest absolute Gasteiger partial charge is 0.459 e. The molecule has 1 aliphatic rings. The summed E-state index contributed by atoms with van der Waals surface area (Å²) in [4.78, 5) is 18.7. The topological polar surface area (TPSA) is 42.4 Å². The second kappa shape index (κ2) is 5.70. The van der Waals surface area contributed by atoms with E-state index in [0.717, 1.165) is 25.1 Å². The van der Waals surface area contributed by atoms with Gasteiger partial charge in [-0.3, -0.25) is 14.7 Å². The predicted molar refractivity (Wildman–Crippen MR) is 73.5 cm³/mol. The van der Waals surface area contributed by atoms with Gasteiger partial charge in [0.2, 0.25) is 0 Å². The van der Waals surface area contributed by atoms with E-state index < -0.39 is 5.60 Å². The number of likely N-dealkylation sites (tertiary alicyclic amines) is 1. The molecule has 0 amide bonds. The van der Waals surface area contributed by atoms with E-state index in [2.05, 4.69) is 9.88 Å². The van der Waals surface area contributed by atoms with Crippen molar-refractivity contribution in [2.45, 2.75) is 51.8 Å². The summed E-state index contributed by atoms with van der Waals surface area (Å²) in [5, 5.41) is 0. The second-order valence-corrected chi connectivity index (χ2v) is 5.98. The van der Waals surface area contributed by atoms with Gasteiger partial charge < -0.3 is 4.74 Å². The van der Waals surface area contributed by atoms with E-state index in [1.54, 1.807) is 6.20 Å². The van der Waals surface area contributed by atoms with Crippen LogP contribution in [0.25, 0.3) is 0 Å². The molecule has 104 valence electrons. The van der Waals surface area contributed by atoms with E-state index >= 15 is 0 Å². The molecule has 0 bridgehead atoms. The maximum atomic E-state index is 12.2. The number of hydrogen-bond donors (Lipinski definition) is 0. The van der Waals surface area contributed by atoms with Gasteiger partial charge in [-0.1, -0.05) is 6.07 Å². The molecule has 1 aliphatic heterocycles. The minimum atomic E-state index is -0.420. The normalized spacial score (nSPS) is 20.5. The van der Waals surface area contributed by atoms with Gasteiger partial charge >= 0.3 is 5.97 Å². The Bertz CT molecular complexity index is 426. The zero-order chi connectivity index (χ0) is 13.9. The Kier molecular flexibility index (Phi) is 4.20. The summed E-state index contributed by atoms with van der Waals surface area (Å²) in [7, 11) is 0. The summed E-state index contributed by atoms with van der Waals surface area (Å²) in [6.45, 7) is 7.36. The molecule has 2 rings (SSSR count). The molecule has 0 radical (unpaired) electrons.